The standard InChI is InChI=1S/C15H22N2O4/c1-2-17(10-15(19)20)12-8-11(9-12)16-14(18)6-5-13-4-3-7-21-13/h3-4,7,11-12H,2,5-6,8-10H2,1H3,(H,16,18)(H,19,20). The molecular formula is C15H22N2O4. The number of carbonyl (C=O) groups excluding carboxylic acids is 1. The average Bonchev–Trinajstić information content (AvgIpc) is 2.90. The first-order chi connectivity index (χ1) is 10.1. The molecule has 0 bridgehead atoms. The molecule has 1 aliphatic rings. The van der Waals surface area contributed by atoms with Gasteiger partial charge in [-0.05, 0) is 31.5 Å². The second kappa shape index (κ2) is 7.26. The van der Waals surface area contributed by atoms with Crippen molar-refractivity contribution in [2.75, 3.05) is 13.1 Å². The number of amides is 1. The molecule has 0 spiro atoms. The van der Waals surface area contributed by atoms with Crippen LogP contribution in [0.25, 0.3) is 0 Å². The third-order valence-corrected chi connectivity index (χ3v) is 3.92. The quantitative estimate of drug-likeness (QED) is 0.754. The number of carboxylic acid groups (broad SMARTS) is 1. The number of nitrogens with one attached hydrogen (secondary N) is 1. The summed E-state index contributed by atoms with van der Waals surface area (Å²) in [5, 5.41) is 11.8. The van der Waals surface area contributed by atoms with Crippen LogP contribution >= 0.6 is 0 Å². The molecule has 0 saturated heterocycles. The van der Waals surface area contributed by atoms with Gasteiger partial charge in [0, 0.05) is 24.9 Å². The Hall–Kier alpha value is -1.82. The fraction of sp³-hybridized carbons (Fsp3) is 0.600. The van der Waals surface area contributed by atoms with Crippen LogP contribution in [0.1, 0.15) is 31.9 Å². The number of rotatable bonds is 8. The van der Waals surface area contributed by atoms with Crippen molar-refractivity contribution in [2.24, 2.45) is 0 Å². The number of hydrogen-bond donors (Lipinski definition) is 2. The minimum absolute atomic E-state index is 0.0242. The van der Waals surface area contributed by atoms with Crippen molar-refractivity contribution < 1.29 is 19.1 Å². The van der Waals surface area contributed by atoms with Crippen molar-refractivity contribution >= 4 is 11.9 Å². The van der Waals surface area contributed by atoms with E-state index in [0.717, 1.165) is 25.1 Å². The number of likely N-dealkylation sites (N-methyl/N-ethyl adjacent to an activating group) is 1. The normalized spacial score (nSPS) is 21.0. The highest BCUT2D eigenvalue weighted by molar-refractivity contribution is 5.76. The lowest BCUT2D eigenvalue weighted by molar-refractivity contribution is -0.139. The minimum Gasteiger partial charge on any atom is -0.480 e. The molecule has 0 atom stereocenters. The van der Waals surface area contributed by atoms with Gasteiger partial charge in [0.05, 0.1) is 12.8 Å². The van der Waals surface area contributed by atoms with Gasteiger partial charge in [0.15, 0.2) is 0 Å². The number of hydrogen-bond acceptors (Lipinski definition) is 4. The zero-order valence-corrected chi connectivity index (χ0v) is 12.2. The number of aliphatic carboxylic acids is 1. The highest BCUT2D eigenvalue weighted by atomic mass is 16.4. The maximum Gasteiger partial charge on any atom is 0.317 e. The predicted molar refractivity (Wildman–Crippen MR) is 76.9 cm³/mol. The van der Waals surface area contributed by atoms with Gasteiger partial charge >= 0.3 is 5.97 Å². The van der Waals surface area contributed by atoms with Crippen molar-refractivity contribution in [1.29, 1.82) is 0 Å². The Balaban J connectivity index is 1.65. The molecule has 0 radical (unpaired) electrons. The van der Waals surface area contributed by atoms with Crippen LogP contribution in [0.2, 0.25) is 0 Å². The zero-order chi connectivity index (χ0) is 15.2. The monoisotopic (exact) mass is 294 g/mol. The van der Waals surface area contributed by atoms with E-state index in [0.29, 0.717) is 12.8 Å². The highest BCUT2D eigenvalue weighted by Gasteiger charge is 2.34. The van der Waals surface area contributed by atoms with Crippen LogP contribution < -0.4 is 5.32 Å². The Kier molecular flexibility index (Phi) is 5.38. The predicted octanol–water partition coefficient (Wildman–Crippen LogP) is 1.27. The first-order valence-electron chi connectivity index (χ1n) is 7.36. The maximum absolute atomic E-state index is 11.8. The summed E-state index contributed by atoms with van der Waals surface area (Å²) in [5.74, 6) is 0.0363. The van der Waals surface area contributed by atoms with Gasteiger partial charge in [0.1, 0.15) is 5.76 Å². The molecule has 1 fully saturated rings. The van der Waals surface area contributed by atoms with Gasteiger partial charge in [-0.1, -0.05) is 6.92 Å². The van der Waals surface area contributed by atoms with Crippen LogP contribution in [0.3, 0.4) is 0 Å². The fourth-order valence-corrected chi connectivity index (χ4v) is 2.67. The number of carbonyl (C=O) groups is 2. The van der Waals surface area contributed by atoms with Crippen molar-refractivity contribution in [1.82, 2.24) is 10.2 Å². The third-order valence-electron chi connectivity index (χ3n) is 3.92. The summed E-state index contributed by atoms with van der Waals surface area (Å²) in [6.07, 6.45) is 4.28. The first-order valence-corrected chi connectivity index (χ1v) is 7.36. The topological polar surface area (TPSA) is 82.8 Å². The molecule has 6 nitrogen and oxygen atoms in total. The summed E-state index contributed by atoms with van der Waals surface area (Å²) in [7, 11) is 0. The molecule has 21 heavy (non-hydrogen) atoms. The highest BCUT2D eigenvalue weighted by Crippen LogP contribution is 2.25. The molecule has 116 valence electrons. The molecule has 1 heterocycles. The number of carboxylic acids is 1. The summed E-state index contributed by atoms with van der Waals surface area (Å²) in [6.45, 7) is 2.74. The van der Waals surface area contributed by atoms with E-state index in [4.69, 9.17) is 9.52 Å². The molecule has 1 amide bonds. The van der Waals surface area contributed by atoms with Gasteiger partial charge in [-0.25, -0.2) is 0 Å². The second-order valence-corrected chi connectivity index (χ2v) is 5.43. The van der Waals surface area contributed by atoms with Crippen LogP contribution in [-0.4, -0.2) is 47.1 Å². The van der Waals surface area contributed by atoms with Crippen molar-refractivity contribution in [3.8, 4) is 0 Å². The maximum atomic E-state index is 11.8. The van der Waals surface area contributed by atoms with Crippen LogP contribution in [0, 0.1) is 0 Å². The largest absolute Gasteiger partial charge is 0.480 e. The molecule has 2 rings (SSSR count). The number of nitrogens with zero attached hydrogens (tertiary/aromatic N) is 1. The molecule has 0 aromatic carbocycles. The molecule has 1 aromatic heterocycles. The Bertz CT molecular complexity index is 466. The second-order valence-electron chi connectivity index (χ2n) is 5.43. The third kappa shape index (κ3) is 4.60. The van der Waals surface area contributed by atoms with Gasteiger partial charge in [0.25, 0.3) is 0 Å². The lowest BCUT2D eigenvalue weighted by Crippen LogP contribution is -2.54. The van der Waals surface area contributed by atoms with E-state index in [1.165, 1.54) is 0 Å². The molecular weight excluding hydrogens is 272 g/mol. The van der Waals surface area contributed by atoms with Gasteiger partial charge in [-0.2, -0.15) is 0 Å². The average molecular weight is 294 g/mol. The Morgan fingerprint density at radius 1 is 1.48 bits per heavy atom. The Morgan fingerprint density at radius 3 is 2.81 bits per heavy atom. The van der Waals surface area contributed by atoms with E-state index in [1.54, 1.807) is 6.26 Å². The van der Waals surface area contributed by atoms with Crippen molar-refractivity contribution in [3.63, 3.8) is 0 Å². The molecule has 1 aliphatic carbocycles. The van der Waals surface area contributed by atoms with E-state index in [9.17, 15) is 9.59 Å². The van der Waals surface area contributed by atoms with Crippen molar-refractivity contribution in [3.05, 3.63) is 24.2 Å². The van der Waals surface area contributed by atoms with E-state index in [1.807, 2.05) is 24.0 Å². The molecule has 2 N–H and O–H groups in total. The molecule has 0 unspecified atom stereocenters. The lowest BCUT2D eigenvalue weighted by Gasteiger charge is -2.42. The summed E-state index contributed by atoms with van der Waals surface area (Å²) in [5.41, 5.74) is 0. The van der Waals surface area contributed by atoms with Crippen LogP contribution in [0.5, 0.6) is 0 Å². The van der Waals surface area contributed by atoms with Crippen LogP contribution in [0.15, 0.2) is 22.8 Å². The Labute approximate surface area is 124 Å². The van der Waals surface area contributed by atoms with Crippen molar-refractivity contribution in [2.45, 2.75) is 44.7 Å². The van der Waals surface area contributed by atoms with Crippen LogP contribution in [-0.2, 0) is 16.0 Å². The summed E-state index contributed by atoms with van der Waals surface area (Å²) < 4.78 is 5.19. The van der Waals surface area contributed by atoms with Gasteiger partial charge in [-0.3, -0.25) is 14.5 Å². The van der Waals surface area contributed by atoms with E-state index < -0.39 is 5.97 Å². The van der Waals surface area contributed by atoms with E-state index >= 15 is 0 Å². The molecule has 6 heteroatoms. The number of furan rings is 1. The van der Waals surface area contributed by atoms with Gasteiger partial charge < -0.3 is 14.8 Å². The number of aryl methyl sites for hydroxylation is 1. The Morgan fingerprint density at radius 2 is 2.24 bits per heavy atom. The summed E-state index contributed by atoms with van der Waals surface area (Å²) >= 11 is 0. The molecule has 1 aromatic rings. The van der Waals surface area contributed by atoms with E-state index in [-0.39, 0.29) is 24.5 Å². The van der Waals surface area contributed by atoms with Crippen LogP contribution in [0.4, 0.5) is 0 Å². The SMILES string of the molecule is CCN(CC(=O)O)C1CC(NC(=O)CCc2ccco2)C1. The molecule has 0 aliphatic heterocycles. The lowest BCUT2D eigenvalue weighted by atomic mass is 9.85. The van der Waals surface area contributed by atoms with Gasteiger partial charge in [-0.15, -0.1) is 0 Å². The van der Waals surface area contributed by atoms with Gasteiger partial charge in [0.2, 0.25) is 5.91 Å². The van der Waals surface area contributed by atoms with E-state index in [2.05, 4.69) is 5.32 Å². The zero-order valence-electron chi connectivity index (χ0n) is 12.2. The summed E-state index contributed by atoms with van der Waals surface area (Å²) in [4.78, 5) is 24.5. The molecule has 1 saturated carbocycles. The smallest absolute Gasteiger partial charge is 0.317 e. The summed E-state index contributed by atoms with van der Waals surface area (Å²) in [6, 6.07) is 4.10. The first kappa shape index (κ1) is 15.6. The fourth-order valence-electron chi connectivity index (χ4n) is 2.67. The minimum atomic E-state index is -0.803.